The van der Waals surface area contributed by atoms with Gasteiger partial charge in [0.15, 0.2) is 18.5 Å². The maximum Gasteiger partial charge on any atom is 0.303 e. The Hall–Kier alpha value is -2.49. The van der Waals surface area contributed by atoms with Crippen LogP contribution >= 0.6 is 0 Å². The van der Waals surface area contributed by atoms with Crippen LogP contribution in [0.4, 0.5) is 0 Å². The number of carbonyl (C=O) groups excluding carboxylic acids is 3. The molecule has 1 aromatic rings. The van der Waals surface area contributed by atoms with Crippen molar-refractivity contribution in [2.24, 2.45) is 0 Å². The zero-order valence-electron chi connectivity index (χ0n) is 15.9. The van der Waals surface area contributed by atoms with Crippen molar-refractivity contribution in [3.63, 3.8) is 0 Å². The van der Waals surface area contributed by atoms with Gasteiger partial charge >= 0.3 is 17.9 Å². The van der Waals surface area contributed by atoms with E-state index in [4.69, 9.17) is 23.7 Å². The third kappa shape index (κ3) is 6.29. The molecule has 0 spiro atoms. The first kappa shape index (κ1) is 21.8. The van der Waals surface area contributed by atoms with Crippen molar-refractivity contribution < 1.29 is 43.2 Å². The van der Waals surface area contributed by atoms with Gasteiger partial charge in [0.05, 0.1) is 6.61 Å². The molecule has 1 saturated heterocycles. The van der Waals surface area contributed by atoms with Crippen LogP contribution in [0.3, 0.4) is 0 Å². The molecule has 0 aliphatic carbocycles. The number of aliphatic hydroxyl groups is 1. The molecule has 1 fully saturated rings. The molecule has 1 aliphatic rings. The first-order chi connectivity index (χ1) is 13.3. The highest BCUT2D eigenvalue weighted by atomic mass is 16.7. The molecule has 28 heavy (non-hydrogen) atoms. The van der Waals surface area contributed by atoms with Crippen molar-refractivity contribution in [1.82, 2.24) is 0 Å². The van der Waals surface area contributed by atoms with Gasteiger partial charge in [-0.05, 0) is 5.56 Å². The Morgan fingerprint density at radius 2 is 1.54 bits per heavy atom. The number of hydrogen-bond donors (Lipinski definition) is 1. The molecule has 1 heterocycles. The monoisotopic (exact) mass is 396 g/mol. The number of rotatable bonds is 7. The maximum absolute atomic E-state index is 11.6. The first-order valence-corrected chi connectivity index (χ1v) is 8.74. The molecule has 0 amide bonds. The fourth-order valence-corrected chi connectivity index (χ4v) is 2.84. The maximum atomic E-state index is 11.6. The van der Waals surface area contributed by atoms with Crippen molar-refractivity contribution >= 4 is 17.9 Å². The molecule has 1 unspecified atom stereocenters. The minimum absolute atomic E-state index is 0.131. The van der Waals surface area contributed by atoms with E-state index in [1.165, 1.54) is 13.8 Å². The summed E-state index contributed by atoms with van der Waals surface area (Å²) in [6, 6.07) is 9.20. The molecule has 1 aliphatic heterocycles. The summed E-state index contributed by atoms with van der Waals surface area (Å²) in [6.07, 6.45) is -5.95. The lowest BCUT2D eigenvalue weighted by atomic mass is 9.98. The van der Waals surface area contributed by atoms with Crippen LogP contribution in [0.5, 0.6) is 0 Å². The number of carbonyl (C=O) groups is 3. The molecule has 2 rings (SSSR count). The summed E-state index contributed by atoms with van der Waals surface area (Å²) in [6.45, 7) is 3.46. The first-order valence-electron chi connectivity index (χ1n) is 8.74. The minimum Gasteiger partial charge on any atom is -0.463 e. The lowest BCUT2D eigenvalue weighted by Gasteiger charge is -2.43. The third-order valence-corrected chi connectivity index (χ3v) is 3.95. The SMILES string of the molecule is CC(=O)OC[C@@H]1OC(O)[C@H](OC(C)=O)[C@@H](OC(C)=O)[C@@H]1OCc1ccccc1. The Bertz CT molecular complexity index is 675. The Morgan fingerprint density at radius 3 is 2.11 bits per heavy atom. The second-order valence-corrected chi connectivity index (χ2v) is 6.28. The molecule has 0 saturated carbocycles. The highest BCUT2D eigenvalue weighted by Crippen LogP contribution is 2.28. The Balaban J connectivity index is 2.26. The minimum atomic E-state index is -1.59. The number of benzene rings is 1. The summed E-state index contributed by atoms with van der Waals surface area (Å²) >= 11 is 0. The number of esters is 3. The Labute approximate surface area is 162 Å². The zero-order chi connectivity index (χ0) is 20.7. The highest BCUT2D eigenvalue weighted by molar-refractivity contribution is 5.67. The Kier molecular flexibility index (Phi) is 7.91. The summed E-state index contributed by atoms with van der Waals surface area (Å²) in [5, 5.41) is 10.3. The smallest absolute Gasteiger partial charge is 0.303 e. The molecule has 5 atom stereocenters. The normalized spacial score (nSPS) is 26.9. The molecule has 0 bridgehead atoms. The van der Waals surface area contributed by atoms with Crippen LogP contribution in [0.1, 0.15) is 26.3 Å². The van der Waals surface area contributed by atoms with Gasteiger partial charge in [0.2, 0.25) is 0 Å². The zero-order valence-corrected chi connectivity index (χ0v) is 15.9. The fraction of sp³-hybridized carbons (Fsp3) is 0.526. The average Bonchev–Trinajstić information content (AvgIpc) is 2.62. The second kappa shape index (κ2) is 10.2. The van der Waals surface area contributed by atoms with E-state index in [-0.39, 0.29) is 13.2 Å². The van der Waals surface area contributed by atoms with Crippen LogP contribution in [0.25, 0.3) is 0 Å². The molecule has 1 N–H and O–H groups in total. The van der Waals surface area contributed by atoms with E-state index in [9.17, 15) is 19.5 Å². The quantitative estimate of drug-likeness (QED) is 0.525. The van der Waals surface area contributed by atoms with Crippen LogP contribution in [0.15, 0.2) is 30.3 Å². The van der Waals surface area contributed by atoms with Crippen LogP contribution < -0.4 is 0 Å². The molecule has 9 heteroatoms. The number of hydrogen-bond acceptors (Lipinski definition) is 9. The third-order valence-electron chi connectivity index (χ3n) is 3.95. The van der Waals surface area contributed by atoms with Gasteiger partial charge in [-0.2, -0.15) is 0 Å². The fourth-order valence-electron chi connectivity index (χ4n) is 2.84. The molecular formula is C19H24O9. The molecule has 1 aromatic carbocycles. The summed E-state index contributed by atoms with van der Waals surface area (Å²) in [5.41, 5.74) is 0.838. The number of aliphatic hydroxyl groups excluding tert-OH is 1. The standard InChI is InChI=1S/C19H24O9/c1-11(20)24-10-15-16(25-9-14-7-5-4-6-8-14)17(26-12(2)21)18(19(23)28-15)27-13(3)22/h4-8,15-19,23H,9-10H2,1-3H3/t15-,16+,17-,18+,19?/m0/s1. The molecule has 9 nitrogen and oxygen atoms in total. The van der Waals surface area contributed by atoms with Gasteiger partial charge in [0, 0.05) is 20.8 Å². The summed E-state index contributed by atoms with van der Waals surface area (Å²) in [4.78, 5) is 34.2. The summed E-state index contributed by atoms with van der Waals surface area (Å²) < 4.78 is 26.7. The van der Waals surface area contributed by atoms with Gasteiger partial charge in [0.1, 0.15) is 18.8 Å². The summed E-state index contributed by atoms with van der Waals surface area (Å²) in [5.74, 6) is -1.90. The van der Waals surface area contributed by atoms with Crippen LogP contribution in [0.2, 0.25) is 0 Å². The largest absolute Gasteiger partial charge is 0.463 e. The van der Waals surface area contributed by atoms with Gasteiger partial charge in [-0.15, -0.1) is 0 Å². The topological polar surface area (TPSA) is 118 Å². The van der Waals surface area contributed by atoms with E-state index in [2.05, 4.69) is 0 Å². The van der Waals surface area contributed by atoms with Crippen molar-refractivity contribution in [2.75, 3.05) is 6.61 Å². The van der Waals surface area contributed by atoms with Crippen molar-refractivity contribution in [3.8, 4) is 0 Å². The Morgan fingerprint density at radius 1 is 0.929 bits per heavy atom. The molecule has 154 valence electrons. The van der Waals surface area contributed by atoms with Gasteiger partial charge in [-0.3, -0.25) is 14.4 Å². The van der Waals surface area contributed by atoms with E-state index in [1.807, 2.05) is 30.3 Å². The van der Waals surface area contributed by atoms with Crippen molar-refractivity contribution in [2.45, 2.75) is 58.1 Å². The van der Waals surface area contributed by atoms with E-state index in [1.54, 1.807) is 0 Å². The van der Waals surface area contributed by atoms with E-state index in [0.29, 0.717) is 0 Å². The van der Waals surface area contributed by atoms with Gasteiger partial charge in [-0.1, -0.05) is 30.3 Å². The number of ether oxygens (including phenoxy) is 5. The average molecular weight is 396 g/mol. The van der Waals surface area contributed by atoms with Gasteiger partial charge < -0.3 is 28.8 Å². The van der Waals surface area contributed by atoms with Crippen molar-refractivity contribution in [3.05, 3.63) is 35.9 Å². The van der Waals surface area contributed by atoms with E-state index < -0.39 is 48.6 Å². The van der Waals surface area contributed by atoms with Gasteiger partial charge in [-0.25, -0.2) is 0 Å². The second-order valence-electron chi connectivity index (χ2n) is 6.28. The predicted molar refractivity (Wildman–Crippen MR) is 93.6 cm³/mol. The molecule has 0 aromatic heterocycles. The van der Waals surface area contributed by atoms with Crippen LogP contribution in [-0.4, -0.2) is 60.3 Å². The predicted octanol–water partition coefficient (Wildman–Crippen LogP) is 0.716. The van der Waals surface area contributed by atoms with E-state index in [0.717, 1.165) is 12.5 Å². The van der Waals surface area contributed by atoms with E-state index >= 15 is 0 Å². The highest BCUT2D eigenvalue weighted by Gasteiger charge is 2.50. The lowest BCUT2D eigenvalue weighted by molar-refractivity contribution is -0.301. The van der Waals surface area contributed by atoms with Crippen LogP contribution in [-0.2, 0) is 44.7 Å². The van der Waals surface area contributed by atoms with Crippen molar-refractivity contribution in [1.29, 1.82) is 0 Å². The summed E-state index contributed by atoms with van der Waals surface area (Å²) in [7, 11) is 0. The molecular weight excluding hydrogens is 372 g/mol. The molecule has 0 radical (unpaired) electrons. The van der Waals surface area contributed by atoms with Crippen LogP contribution in [0, 0.1) is 0 Å². The lowest BCUT2D eigenvalue weighted by Crippen LogP contribution is -2.62. The van der Waals surface area contributed by atoms with Gasteiger partial charge in [0.25, 0.3) is 0 Å².